The maximum absolute atomic E-state index is 13.7. The summed E-state index contributed by atoms with van der Waals surface area (Å²) in [6.45, 7) is 5.63. The molecule has 0 unspecified atom stereocenters. The largest absolute Gasteiger partial charge is 0.467 e. The van der Waals surface area contributed by atoms with Crippen LogP contribution in [0.4, 0.5) is 13.2 Å². The van der Waals surface area contributed by atoms with Gasteiger partial charge in [0.1, 0.15) is 11.6 Å². The third-order valence-corrected chi connectivity index (χ3v) is 4.94. The van der Waals surface area contributed by atoms with Crippen molar-refractivity contribution < 1.29 is 22.4 Å². The van der Waals surface area contributed by atoms with Crippen molar-refractivity contribution >= 4 is 5.91 Å². The highest BCUT2D eigenvalue weighted by Gasteiger charge is 2.20. The average molecular weight is 444 g/mol. The van der Waals surface area contributed by atoms with Gasteiger partial charge in [-0.1, -0.05) is 32.0 Å². The normalized spacial score (nSPS) is 11.3. The Balaban J connectivity index is 1.76. The van der Waals surface area contributed by atoms with E-state index in [9.17, 15) is 18.0 Å². The monoisotopic (exact) mass is 444 g/mol. The van der Waals surface area contributed by atoms with E-state index in [1.54, 1.807) is 35.4 Å². The van der Waals surface area contributed by atoms with Crippen molar-refractivity contribution in [2.45, 2.75) is 33.5 Å². The number of hydrogen-bond donors (Lipinski definition) is 0. The molecule has 1 aromatic heterocycles. The van der Waals surface area contributed by atoms with Crippen molar-refractivity contribution in [3.8, 4) is 0 Å². The van der Waals surface area contributed by atoms with Gasteiger partial charge in [-0.05, 0) is 53.4 Å². The number of hydrogen-bond acceptors (Lipinski definition) is 3. The van der Waals surface area contributed by atoms with Crippen molar-refractivity contribution in [3.05, 3.63) is 95.2 Å². The first kappa shape index (κ1) is 23.6. The van der Waals surface area contributed by atoms with Crippen LogP contribution in [-0.2, 0) is 24.4 Å². The summed E-state index contributed by atoms with van der Waals surface area (Å²) in [5.41, 5.74) is 1.38. The van der Waals surface area contributed by atoms with Crippen LogP contribution >= 0.6 is 0 Å². The summed E-state index contributed by atoms with van der Waals surface area (Å²) in [4.78, 5) is 16.8. The lowest BCUT2D eigenvalue weighted by molar-refractivity contribution is -0.134. The van der Waals surface area contributed by atoms with E-state index in [2.05, 4.69) is 0 Å². The fourth-order valence-electron chi connectivity index (χ4n) is 3.52. The van der Waals surface area contributed by atoms with Crippen molar-refractivity contribution in [1.29, 1.82) is 0 Å². The van der Waals surface area contributed by atoms with Gasteiger partial charge in [-0.15, -0.1) is 0 Å². The SMILES string of the molecule is CC(C)CN(CC(=O)N(Cc1ccc(F)cc1)Cc1ccco1)Cc1ccc(F)c(F)c1. The van der Waals surface area contributed by atoms with Crippen molar-refractivity contribution in [2.75, 3.05) is 13.1 Å². The zero-order valence-electron chi connectivity index (χ0n) is 18.2. The van der Waals surface area contributed by atoms with E-state index in [0.29, 0.717) is 31.0 Å². The van der Waals surface area contributed by atoms with Crippen LogP contribution in [-0.4, -0.2) is 28.8 Å². The standard InChI is InChI=1S/C25H27F3N2O2/c1-18(2)13-29(14-20-7-10-23(27)24(28)12-20)17-25(31)30(16-22-4-3-11-32-22)15-19-5-8-21(26)9-6-19/h3-12,18H,13-17H2,1-2H3. The van der Waals surface area contributed by atoms with Gasteiger partial charge in [0.2, 0.25) is 5.91 Å². The second kappa shape index (κ2) is 11.0. The van der Waals surface area contributed by atoms with Crippen LogP contribution in [0.1, 0.15) is 30.7 Å². The van der Waals surface area contributed by atoms with E-state index < -0.39 is 11.6 Å². The Morgan fingerprint density at radius 1 is 0.906 bits per heavy atom. The summed E-state index contributed by atoms with van der Waals surface area (Å²) in [5.74, 6) is -1.39. The first-order valence-corrected chi connectivity index (χ1v) is 10.5. The third kappa shape index (κ3) is 6.99. The van der Waals surface area contributed by atoms with Crippen LogP contribution in [0.2, 0.25) is 0 Å². The van der Waals surface area contributed by atoms with E-state index in [4.69, 9.17) is 4.42 Å². The minimum absolute atomic E-state index is 0.0963. The summed E-state index contributed by atoms with van der Waals surface area (Å²) >= 11 is 0. The summed E-state index contributed by atoms with van der Waals surface area (Å²) in [7, 11) is 0. The van der Waals surface area contributed by atoms with Gasteiger partial charge in [0.25, 0.3) is 0 Å². The molecule has 0 N–H and O–H groups in total. The van der Waals surface area contributed by atoms with Crippen molar-refractivity contribution in [3.63, 3.8) is 0 Å². The molecule has 0 aliphatic carbocycles. The van der Waals surface area contributed by atoms with Crippen molar-refractivity contribution in [2.24, 2.45) is 5.92 Å². The molecule has 0 fully saturated rings. The highest BCUT2D eigenvalue weighted by molar-refractivity contribution is 5.78. The molecule has 1 heterocycles. The van der Waals surface area contributed by atoms with E-state index >= 15 is 0 Å². The lowest BCUT2D eigenvalue weighted by atomic mass is 10.1. The predicted octanol–water partition coefficient (Wildman–Crippen LogP) is 5.38. The fraction of sp³-hybridized carbons (Fsp3) is 0.320. The van der Waals surface area contributed by atoms with E-state index in [0.717, 1.165) is 17.7 Å². The minimum atomic E-state index is -0.908. The van der Waals surface area contributed by atoms with Crippen LogP contribution in [0.5, 0.6) is 0 Å². The first-order chi connectivity index (χ1) is 15.3. The molecule has 0 saturated carbocycles. The number of nitrogens with zero attached hydrogens (tertiary/aromatic N) is 2. The second-order valence-corrected chi connectivity index (χ2v) is 8.27. The van der Waals surface area contributed by atoms with Gasteiger partial charge >= 0.3 is 0 Å². The minimum Gasteiger partial charge on any atom is -0.467 e. The quantitative estimate of drug-likeness (QED) is 0.421. The number of carbonyl (C=O) groups excluding carboxylic acids is 1. The van der Waals surface area contributed by atoms with Crippen LogP contribution in [0.3, 0.4) is 0 Å². The molecule has 0 atom stereocenters. The zero-order chi connectivity index (χ0) is 23.1. The molecule has 0 aliphatic heterocycles. The van der Waals surface area contributed by atoms with Gasteiger partial charge in [-0.25, -0.2) is 13.2 Å². The highest BCUT2D eigenvalue weighted by atomic mass is 19.2. The van der Waals surface area contributed by atoms with Gasteiger partial charge in [0.05, 0.1) is 19.4 Å². The molecule has 0 bridgehead atoms. The Kier molecular flexibility index (Phi) is 8.11. The number of halogens is 3. The summed E-state index contributed by atoms with van der Waals surface area (Å²) < 4.78 is 45.7. The first-order valence-electron chi connectivity index (χ1n) is 10.5. The smallest absolute Gasteiger partial charge is 0.237 e. The number of rotatable bonds is 10. The Hall–Kier alpha value is -3.06. The molecule has 0 radical (unpaired) electrons. The average Bonchev–Trinajstić information content (AvgIpc) is 3.24. The number of furan rings is 1. The molecular formula is C25H27F3N2O2. The lowest BCUT2D eigenvalue weighted by Crippen LogP contribution is -2.40. The van der Waals surface area contributed by atoms with Gasteiger partial charge in [0.15, 0.2) is 11.6 Å². The molecule has 32 heavy (non-hydrogen) atoms. The maximum Gasteiger partial charge on any atom is 0.237 e. The van der Waals surface area contributed by atoms with Crippen LogP contribution in [0, 0.1) is 23.4 Å². The topological polar surface area (TPSA) is 36.7 Å². The Morgan fingerprint density at radius 2 is 1.62 bits per heavy atom. The molecule has 3 rings (SSSR count). The van der Waals surface area contributed by atoms with Crippen LogP contribution in [0.15, 0.2) is 65.3 Å². The molecule has 7 heteroatoms. The fourth-order valence-corrected chi connectivity index (χ4v) is 3.52. The molecule has 0 aliphatic rings. The number of carbonyl (C=O) groups is 1. The van der Waals surface area contributed by atoms with E-state index in [1.165, 1.54) is 18.2 Å². The number of benzene rings is 2. The van der Waals surface area contributed by atoms with Crippen LogP contribution < -0.4 is 0 Å². The Morgan fingerprint density at radius 3 is 2.25 bits per heavy atom. The van der Waals surface area contributed by atoms with E-state index in [1.807, 2.05) is 18.7 Å². The Bertz CT molecular complexity index is 1000. The molecule has 4 nitrogen and oxygen atoms in total. The summed E-state index contributed by atoms with van der Waals surface area (Å²) in [6.07, 6.45) is 1.55. The van der Waals surface area contributed by atoms with Gasteiger partial charge in [-0.2, -0.15) is 0 Å². The number of amides is 1. The molecule has 3 aromatic rings. The highest BCUT2D eigenvalue weighted by Crippen LogP contribution is 2.15. The lowest BCUT2D eigenvalue weighted by Gasteiger charge is -2.28. The third-order valence-electron chi connectivity index (χ3n) is 4.94. The summed E-state index contributed by atoms with van der Waals surface area (Å²) in [5, 5.41) is 0. The van der Waals surface area contributed by atoms with Gasteiger partial charge in [0, 0.05) is 19.6 Å². The predicted molar refractivity (Wildman–Crippen MR) is 116 cm³/mol. The van der Waals surface area contributed by atoms with Crippen LogP contribution in [0.25, 0.3) is 0 Å². The molecule has 2 aromatic carbocycles. The molecule has 170 valence electrons. The van der Waals surface area contributed by atoms with Crippen molar-refractivity contribution in [1.82, 2.24) is 9.80 Å². The molecular weight excluding hydrogens is 417 g/mol. The Labute approximate surface area is 186 Å². The van der Waals surface area contributed by atoms with Gasteiger partial charge < -0.3 is 9.32 Å². The maximum atomic E-state index is 13.7. The molecule has 1 amide bonds. The molecule has 0 saturated heterocycles. The van der Waals surface area contributed by atoms with E-state index in [-0.39, 0.29) is 30.7 Å². The second-order valence-electron chi connectivity index (χ2n) is 8.27. The van der Waals surface area contributed by atoms with Gasteiger partial charge in [-0.3, -0.25) is 9.69 Å². The zero-order valence-corrected chi connectivity index (χ0v) is 18.2. The molecule has 0 spiro atoms. The summed E-state index contributed by atoms with van der Waals surface area (Å²) in [6, 6.07) is 13.3.